The van der Waals surface area contributed by atoms with E-state index in [0.29, 0.717) is 0 Å². The van der Waals surface area contributed by atoms with Crippen LogP contribution in [0.3, 0.4) is 0 Å². The normalized spacial score (nSPS) is 11.5. The van der Waals surface area contributed by atoms with Crippen LogP contribution in [-0.2, 0) is 6.42 Å². The average molecular weight is 639 g/mol. The summed E-state index contributed by atoms with van der Waals surface area (Å²) in [5, 5.41) is 4.73. The minimum atomic E-state index is 0.767. The van der Waals surface area contributed by atoms with Crippen molar-refractivity contribution in [2.45, 2.75) is 130 Å². The highest BCUT2D eigenvalue weighted by atomic mass is 32.2. The lowest BCUT2D eigenvalue weighted by atomic mass is 9.98. The summed E-state index contributed by atoms with van der Waals surface area (Å²) < 4.78 is 13.2. The topological polar surface area (TPSA) is 18.5 Å². The van der Waals surface area contributed by atoms with E-state index in [1.54, 1.807) is 0 Å². The highest BCUT2D eigenvalue weighted by molar-refractivity contribution is 7.99. The van der Waals surface area contributed by atoms with Gasteiger partial charge in [0.15, 0.2) is 0 Å². The second kappa shape index (κ2) is 23.8. The predicted molar refractivity (Wildman–Crippen MR) is 202 cm³/mol. The third-order valence-corrected chi connectivity index (χ3v) is 10.9. The van der Waals surface area contributed by atoms with Crippen molar-refractivity contribution in [2.24, 2.45) is 0 Å². The first kappa shape index (κ1) is 36.9. The van der Waals surface area contributed by atoms with Crippen LogP contribution in [0.2, 0.25) is 0 Å². The van der Waals surface area contributed by atoms with Crippen LogP contribution in [0.1, 0.15) is 129 Å². The SMILES string of the molecule is CCCCCCCCSCCCCOc1c2ccccc2c(OCCCCSCCCCCCCC)c2cc(CC)ccc12. The van der Waals surface area contributed by atoms with Gasteiger partial charge in [0, 0.05) is 21.5 Å². The van der Waals surface area contributed by atoms with Gasteiger partial charge in [-0.2, -0.15) is 23.5 Å². The molecule has 0 amide bonds. The number of ether oxygens (including phenoxy) is 2. The summed E-state index contributed by atoms with van der Waals surface area (Å²) in [5.74, 6) is 7.15. The molecular formula is C40H62O2S2. The molecule has 44 heavy (non-hydrogen) atoms. The molecule has 0 aliphatic rings. The van der Waals surface area contributed by atoms with Gasteiger partial charge in [0.05, 0.1) is 13.2 Å². The van der Waals surface area contributed by atoms with Crippen molar-refractivity contribution in [2.75, 3.05) is 36.2 Å². The lowest BCUT2D eigenvalue weighted by Crippen LogP contribution is -2.03. The van der Waals surface area contributed by atoms with Crippen LogP contribution in [0, 0.1) is 0 Å². The van der Waals surface area contributed by atoms with Gasteiger partial charge < -0.3 is 9.47 Å². The highest BCUT2D eigenvalue weighted by Crippen LogP contribution is 2.43. The first-order valence-corrected chi connectivity index (χ1v) is 20.5. The molecule has 0 spiro atoms. The van der Waals surface area contributed by atoms with Crippen LogP contribution in [0.4, 0.5) is 0 Å². The Morgan fingerprint density at radius 1 is 0.455 bits per heavy atom. The predicted octanol–water partition coefficient (Wildman–Crippen LogP) is 13.1. The minimum Gasteiger partial charge on any atom is -0.492 e. The van der Waals surface area contributed by atoms with E-state index in [2.05, 4.69) is 86.8 Å². The first-order valence-electron chi connectivity index (χ1n) is 18.2. The van der Waals surface area contributed by atoms with Crippen LogP contribution in [0.5, 0.6) is 11.5 Å². The van der Waals surface area contributed by atoms with E-state index in [1.807, 2.05) is 0 Å². The fraction of sp³-hybridized carbons (Fsp3) is 0.650. The Kier molecular flexibility index (Phi) is 20.0. The molecule has 0 heterocycles. The molecule has 3 aromatic carbocycles. The molecule has 0 N–H and O–H groups in total. The Labute approximate surface area is 279 Å². The summed E-state index contributed by atoms with van der Waals surface area (Å²) in [6, 6.07) is 15.5. The maximum Gasteiger partial charge on any atom is 0.135 e. The zero-order chi connectivity index (χ0) is 31.1. The molecule has 0 radical (unpaired) electrons. The third kappa shape index (κ3) is 13.5. The van der Waals surface area contributed by atoms with E-state index in [1.165, 1.54) is 140 Å². The second-order valence-corrected chi connectivity index (χ2v) is 14.8. The molecule has 0 aliphatic heterocycles. The number of benzene rings is 3. The monoisotopic (exact) mass is 638 g/mol. The van der Waals surface area contributed by atoms with E-state index in [9.17, 15) is 0 Å². The maximum absolute atomic E-state index is 6.62. The van der Waals surface area contributed by atoms with Gasteiger partial charge in [0.1, 0.15) is 11.5 Å². The second-order valence-electron chi connectivity index (χ2n) is 12.3. The fourth-order valence-electron chi connectivity index (χ4n) is 5.81. The van der Waals surface area contributed by atoms with Gasteiger partial charge >= 0.3 is 0 Å². The summed E-state index contributed by atoms with van der Waals surface area (Å²) in [6.07, 6.45) is 22.3. The van der Waals surface area contributed by atoms with Gasteiger partial charge in [-0.15, -0.1) is 0 Å². The fourth-order valence-corrected chi connectivity index (χ4v) is 7.85. The van der Waals surface area contributed by atoms with E-state index in [0.717, 1.165) is 44.0 Å². The van der Waals surface area contributed by atoms with Crippen molar-refractivity contribution in [3.05, 3.63) is 48.0 Å². The molecular weight excluding hydrogens is 577 g/mol. The molecule has 0 aliphatic carbocycles. The van der Waals surface area contributed by atoms with Crippen molar-refractivity contribution >= 4 is 45.1 Å². The molecule has 4 heteroatoms. The number of unbranched alkanes of at least 4 members (excludes halogenated alkanes) is 12. The zero-order valence-corrected chi connectivity index (χ0v) is 30.1. The Bertz CT molecular complexity index is 1160. The smallest absolute Gasteiger partial charge is 0.135 e. The third-order valence-electron chi connectivity index (χ3n) is 8.54. The molecule has 246 valence electrons. The minimum absolute atomic E-state index is 0.767. The Hall–Kier alpha value is -1.52. The number of thioether (sulfide) groups is 2. The highest BCUT2D eigenvalue weighted by Gasteiger charge is 2.16. The van der Waals surface area contributed by atoms with Crippen molar-refractivity contribution in [1.82, 2.24) is 0 Å². The van der Waals surface area contributed by atoms with Crippen LogP contribution in [0.15, 0.2) is 42.5 Å². The molecule has 0 aromatic heterocycles. The van der Waals surface area contributed by atoms with Crippen molar-refractivity contribution in [3.8, 4) is 11.5 Å². The Morgan fingerprint density at radius 3 is 1.39 bits per heavy atom. The lowest BCUT2D eigenvalue weighted by molar-refractivity contribution is 0.312. The number of fused-ring (bicyclic) bond motifs is 2. The number of rotatable bonds is 27. The van der Waals surface area contributed by atoms with E-state index < -0.39 is 0 Å². The summed E-state index contributed by atoms with van der Waals surface area (Å²) in [7, 11) is 0. The number of hydrogen-bond donors (Lipinski definition) is 0. The van der Waals surface area contributed by atoms with Crippen LogP contribution < -0.4 is 9.47 Å². The Balaban J connectivity index is 1.50. The molecule has 0 bridgehead atoms. The summed E-state index contributed by atoms with van der Waals surface area (Å²) in [6.45, 7) is 8.34. The average Bonchev–Trinajstić information content (AvgIpc) is 3.05. The van der Waals surface area contributed by atoms with E-state index in [4.69, 9.17) is 9.47 Å². The molecule has 0 unspecified atom stereocenters. The largest absolute Gasteiger partial charge is 0.492 e. The Morgan fingerprint density at radius 2 is 0.886 bits per heavy atom. The van der Waals surface area contributed by atoms with Crippen LogP contribution >= 0.6 is 23.5 Å². The molecule has 2 nitrogen and oxygen atoms in total. The quantitative estimate of drug-likeness (QED) is 0.0610. The van der Waals surface area contributed by atoms with Crippen LogP contribution in [0.25, 0.3) is 21.5 Å². The summed E-state index contributed by atoms with van der Waals surface area (Å²) in [5.41, 5.74) is 1.34. The summed E-state index contributed by atoms with van der Waals surface area (Å²) >= 11 is 4.24. The maximum atomic E-state index is 6.62. The first-order chi connectivity index (χ1) is 21.8. The van der Waals surface area contributed by atoms with Crippen LogP contribution in [-0.4, -0.2) is 36.2 Å². The number of aryl methyl sites for hydroxylation is 1. The molecule has 3 aromatic rings. The standard InChI is InChI=1S/C40H62O2S2/c1-4-7-9-11-13-19-29-43-31-21-17-27-41-39-35-23-15-16-24-36(35)40(38-33-34(6-3)25-26-37(38)39)42-28-18-22-32-44-30-20-14-12-10-8-5-2/h15-16,23-26,33H,4-14,17-22,27-32H2,1-3H3. The van der Waals surface area contributed by atoms with Gasteiger partial charge in [0.25, 0.3) is 0 Å². The van der Waals surface area contributed by atoms with Crippen molar-refractivity contribution in [1.29, 1.82) is 0 Å². The summed E-state index contributed by atoms with van der Waals surface area (Å²) in [4.78, 5) is 0. The van der Waals surface area contributed by atoms with Crippen molar-refractivity contribution in [3.63, 3.8) is 0 Å². The van der Waals surface area contributed by atoms with Gasteiger partial charge in [-0.25, -0.2) is 0 Å². The van der Waals surface area contributed by atoms with Crippen molar-refractivity contribution < 1.29 is 9.47 Å². The van der Waals surface area contributed by atoms with Gasteiger partial charge in [-0.05, 0) is 79.6 Å². The number of hydrogen-bond acceptors (Lipinski definition) is 4. The van der Waals surface area contributed by atoms with Gasteiger partial charge in [0.2, 0.25) is 0 Å². The molecule has 0 saturated heterocycles. The van der Waals surface area contributed by atoms with E-state index in [-0.39, 0.29) is 0 Å². The molecule has 3 rings (SSSR count). The van der Waals surface area contributed by atoms with E-state index >= 15 is 0 Å². The van der Waals surface area contributed by atoms with Gasteiger partial charge in [-0.3, -0.25) is 0 Å². The van der Waals surface area contributed by atoms with Gasteiger partial charge in [-0.1, -0.05) is 121 Å². The lowest BCUT2D eigenvalue weighted by Gasteiger charge is -2.18. The molecule has 0 saturated carbocycles. The molecule has 0 atom stereocenters. The zero-order valence-electron chi connectivity index (χ0n) is 28.4. The molecule has 0 fully saturated rings.